The maximum Gasteiger partial charge on any atom is 0.103 e. The summed E-state index contributed by atoms with van der Waals surface area (Å²) in [6.45, 7) is 12.7. The molecule has 0 saturated carbocycles. The van der Waals surface area contributed by atoms with Crippen molar-refractivity contribution in [3.8, 4) is 0 Å². The summed E-state index contributed by atoms with van der Waals surface area (Å²) in [4.78, 5) is 18.9. The molecule has 0 amide bonds. The Morgan fingerprint density at radius 3 is 1.47 bits per heavy atom. The summed E-state index contributed by atoms with van der Waals surface area (Å²) in [5.41, 5.74) is 7.62. The van der Waals surface area contributed by atoms with Gasteiger partial charge in [-0.3, -0.25) is 15.0 Å². The molecule has 0 aliphatic rings. The molecule has 154 valence electrons. The van der Waals surface area contributed by atoms with Gasteiger partial charge < -0.3 is 0 Å². The Hall–Kier alpha value is -3.14. The molecule has 0 bridgehead atoms. The van der Waals surface area contributed by atoms with E-state index < -0.39 is 0 Å². The molecule has 0 radical (unpaired) electrons. The van der Waals surface area contributed by atoms with Crippen LogP contribution in [0.5, 0.6) is 0 Å². The van der Waals surface area contributed by atoms with Crippen molar-refractivity contribution in [2.75, 3.05) is 0 Å². The SMILES string of the molecule is CC(=Nc1ccccc1C(C)C)c1cncc(C(C)=Nc2ccccc2C(C)C)n1. The Kier molecular flexibility index (Phi) is 6.88. The second-order valence-corrected chi connectivity index (χ2v) is 8.11. The smallest absolute Gasteiger partial charge is 0.103 e. The molecule has 3 rings (SSSR count). The van der Waals surface area contributed by atoms with Crippen LogP contribution in [0.1, 0.15) is 75.9 Å². The van der Waals surface area contributed by atoms with Crippen LogP contribution >= 0.6 is 0 Å². The Balaban J connectivity index is 1.95. The molecule has 4 heteroatoms. The van der Waals surface area contributed by atoms with Gasteiger partial charge >= 0.3 is 0 Å². The molecule has 0 aliphatic heterocycles. The van der Waals surface area contributed by atoms with Crippen LogP contribution in [0, 0.1) is 0 Å². The first-order valence-electron chi connectivity index (χ1n) is 10.5. The van der Waals surface area contributed by atoms with Gasteiger partial charge in [-0.25, -0.2) is 4.98 Å². The van der Waals surface area contributed by atoms with E-state index in [1.807, 2.05) is 38.1 Å². The summed E-state index contributed by atoms with van der Waals surface area (Å²) in [7, 11) is 0. The van der Waals surface area contributed by atoms with Crippen LogP contribution in [0.2, 0.25) is 0 Å². The van der Waals surface area contributed by atoms with Crippen LogP contribution in [0.3, 0.4) is 0 Å². The zero-order valence-electron chi connectivity index (χ0n) is 18.7. The topological polar surface area (TPSA) is 50.5 Å². The van der Waals surface area contributed by atoms with Gasteiger partial charge in [-0.15, -0.1) is 0 Å². The molecule has 0 aliphatic carbocycles. The molecule has 0 fully saturated rings. The number of para-hydroxylation sites is 2. The fourth-order valence-corrected chi connectivity index (χ4v) is 3.35. The predicted molar refractivity (Wildman–Crippen MR) is 127 cm³/mol. The van der Waals surface area contributed by atoms with Crippen molar-refractivity contribution in [3.63, 3.8) is 0 Å². The maximum atomic E-state index is 4.85. The van der Waals surface area contributed by atoms with Crippen LogP contribution in [0.4, 0.5) is 11.4 Å². The number of rotatable bonds is 6. The third-order valence-electron chi connectivity index (χ3n) is 5.07. The number of nitrogens with zero attached hydrogens (tertiary/aromatic N) is 4. The van der Waals surface area contributed by atoms with Crippen molar-refractivity contribution in [2.24, 2.45) is 9.98 Å². The first kappa shape index (κ1) is 21.6. The minimum atomic E-state index is 0.408. The van der Waals surface area contributed by atoms with E-state index in [9.17, 15) is 0 Å². The molecule has 0 atom stereocenters. The van der Waals surface area contributed by atoms with E-state index in [-0.39, 0.29) is 0 Å². The molecule has 0 saturated heterocycles. The predicted octanol–water partition coefficient (Wildman–Crippen LogP) is 7.00. The first-order valence-corrected chi connectivity index (χ1v) is 10.5. The van der Waals surface area contributed by atoms with E-state index in [1.54, 1.807) is 12.4 Å². The molecule has 0 N–H and O–H groups in total. The summed E-state index contributed by atoms with van der Waals surface area (Å²) in [6.07, 6.45) is 3.52. The van der Waals surface area contributed by atoms with Crippen molar-refractivity contribution in [1.29, 1.82) is 0 Å². The monoisotopic (exact) mass is 398 g/mol. The summed E-state index contributed by atoms with van der Waals surface area (Å²) in [6, 6.07) is 16.5. The second kappa shape index (κ2) is 9.57. The zero-order chi connectivity index (χ0) is 21.7. The lowest BCUT2D eigenvalue weighted by Gasteiger charge is -2.11. The molecular weight excluding hydrogens is 368 g/mol. The Labute approximate surface area is 179 Å². The highest BCUT2D eigenvalue weighted by molar-refractivity contribution is 6.02. The van der Waals surface area contributed by atoms with Crippen LogP contribution < -0.4 is 0 Å². The largest absolute Gasteiger partial charge is 0.260 e. The fourth-order valence-electron chi connectivity index (χ4n) is 3.35. The van der Waals surface area contributed by atoms with Gasteiger partial charge in [-0.05, 0) is 48.9 Å². The van der Waals surface area contributed by atoms with E-state index in [0.29, 0.717) is 11.8 Å². The van der Waals surface area contributed by atoms with Crippen molar-refractivity contribution in [3.05, 3.63) is 83.4 Å². The highest BCUT2D eigenvalue weighted by atomic mass is 14.9. The van der Waals surface area contributed by atoms with Crippen LogP contribution in [-0.2, 0) is 0 Å². The number of aromatic nitrogens is 2. The summed E-state index contributed by atoms with van der Waals surface area (Å²) < 4.78 is 0. The van der Waals surface area contributed by atoms with E-state index in [4.69, 9.17) is 15.0 Å². The van der Waals surface area contributed by atoms with Crippen LogP contribution in [0.15, 0.2) is 70.9 Å². The normalized spacial score (nSPS) is 12.7. The third-order valence-corrected chi connectivity index (χ3v) is 5.07. The minimum absolute atomic E-state index is 0.408. The van der Waals surface area contributed by atoms with Crippen molar-refractivity contribution >= 4 is 22.8 Å². The molecule has 1 heterocycles. The van der Waals surface area contributed by atoms with Gasteiger partial charge in [0.15, 0.2) is 0 Å². The average Bonchev–Trinajstić information content (AvgIpc) is 2.74. The van der Waals surface area contributed by atoms with Gasteiger partial charge in [0.05, 0.1) is 35.2 Å². The van der Waals surface area contributed by atoms with E-state index >= 15 is 0 Å². The standard InChI is InChI=1S/C26H30N4/c1-17(2)21-11-7-9-13-23(21)28-19(5)25-15-27-16-26(30-25)20(6)29-24-14-10-8-12-22(24)18(3)4/h7-18H,1-6H3. The lowest BCUT2D eigenvalue weighted by molar-refractivity contribution is 0.867. The molecule has 1 aromatic heterocycles. The lowest BCUT2D eigenvalue weighted by atomic mass is 10.0. The van der Waals surface area contributed by atoms with E-state index in [2.05, 4.69) is 56.9 Å². The highest BCUT2D eigenvalue weighted by Crippen LogP contribution is 2.28. The van der Waals surface area contributed by atoms with Gasteiger partial charge in [0.25, 0.3) is 0 Å². The van der Waals surface area contributed by atoms with Gasteiger partial charge in [0.1, 0.15) is 11.4 Å². The van der Waals surface area contributed by atoms with Gasteiger partial charge in [0.2, 0.25) is 0 Å². The molecular formula is C26H30N4. The number of aliphatic imine (C=N–C) groups is 2. The average molecular weight is 399 g/mol. The molecule has 30 heavy (non-hydrogen) atoms. The minimum Gasteiger partial charge on any atom is -0.260 e. The summed E-state index contributed by atoms with van der Waals surface area (Å²) in [5, 5.41) is 0. The van der Waals surface area contributed by atoms with Crippen molar-refractivity contribution < 1.29 is 0 Å². The van der Waals surface area contributed by atoms with Crippen molar-refractivity contribution in [1.82, 2.24) is 9.97 Å². The molecule has 0 spiro atoms. The second-order valence-electron chi connectivity index (χ2n) is 8.11. The number of benzene rings is 2. The summed E-state index contributed by atoms with van der Waals surface area (Å²) >= 11 is 0. The zero-order valence-corrected chi connectivity index (χ0v) is 18.7. The third kappa shape index (κ3) is 5.07. The van der Waals surface area contributed by atoms with Crippen LogP contribution in [0.25, 0.3) is 0 Å². The van der Waals surface area contributed by atoms with Crippen LogP contribution in [-0.4, -0.2) is 21.4 Å². The maximum absolute atomic E-state index is 4.85. The number of hydrogen-bond acceptors (Lipinski definition) is 4. The van der Waals surface area contributed by atoms with E-state index in [1.165, 1.54) is 11.1 Å². The molecule has 4 nitrogen and oxygen atoms in total. The first-order chi connectivity index (χ1) is 14.4. The Bertz CT molecular complexity index is 995. The summed E-state index contributed by atoms with van der Waals surface area (Å²) in [5.74, 6) is 0.816. The highest BCUT2D eigenvalue weighted by Gasteiger charge is 2.10. The van der Waals surface area contributed by atoms with Crippen molar-refractivity contribution in [2.45, 2.75) is 53.4 Å². The molecule has 0 unspecified atom stereocenters. The molecule has 2 aromatic carbocycles. The Morgan fingerprint density at radius 1 is 0.667 bits per heavy atom. The fraction of sp³-hybridized carbons (Fsp3) is 0.308. The number of hydrogen-bond donors (Lipinski definition) is 0. The quantitative estimate of drug-likeness (QED) is 0.419. The molecule has 3 aromatic rings. The van der Waals surface area contributed by atoms with Gasteiger partial charge in [-0.1, -0.05) is 64.1 Å². The van der Waals surface area contributed by atoms with Gasteiger partial charge in [0, 0.05) is 0 Å². The Morgan fingerprint density at radius 2 is 1.07 bits per heavy atom. The lowest BCUT2D eigenvalue weighted by Crippen LogP contribution is -2.06. The van der Waals surface area contributed by atoms with E-state index in [0.717, 1.165) is 34.2 Å². The van der Waals surface area contributed by atoms with Gasteiger partial charge in [-0.2, -0.15) is 0 Å².